The van der Waals surface area contributed by atoms with Crippen molar-refractivity contribution < 1.29 is 4.52 Å². The molecule has 1 aliphatic rings. The molecule has 1 atom stereocenters. The topological polar surface area (TPSA) is 84.9 Å². The van der Waals surface area contributed by atoms with Gasteiger partial charge < -0.3 is 9.84 Å². The number of piperazine rings is 1. The van der Waals surface area contributed by atoms with Gasteiger partial charge >= 0.3 is 0 Å². The Hall–Kier alpha value is -2.32. The maximum absolute atomic E-state index is 5.55. The molecule has 0 bridgehead atoms. The lowest BCUT2D eigenvalue weighted by atomic mass is 10.1. The molecule has 1 saturated heterocycles. The van der Waals surface area contributed by atoms with Crippen molar-refractivity contribution in [2.45, 2.75) is 32.9 Å². The Morgan fingerprint density at radius 1 is 1.32 bits per heavy atom. The van der Waals surface area contributed by atoms with Crippen molar-refractivity contribution in [1.29, 1.82) is 0 Å². The van der Waals surface area contributed by atoms with Crippen LogP contribution in [0.15, 0.2) is 16.8 Å². The fraction of sp³-hybridized carbons (Fsp3) is 0.529. The molecule has 0 spiro atoms. The summed E-state index contributed by atoms with van der Waals surface area (Å²) >= 11 is 0. The molecule has 8 nitrogen and oxygen atoms in total. The van der Waals surface area contributed by atoms with Gasteiger partial charge in [-0.25, -0.2) is 9.67 Å². The van der Waals surface area contributed by atoms with Crippen molar-refractivity contribution in [3.8, 4) is 11.5 Å². The summed E-state index contributed by atoms with van der Waals surface area (Å²) in [6.45, 7) is 8.93. The minimum atomic E-state index is 0.131. The van der Waals surface area contributed by atoms with Crippen LogP contribution < -0.4 is 5.32 Å². The molecule has 0 aliphatic carbocycles. The number of aryl methyl sites for hydroxylation is 1. The summed E-state index contributed by atoms with van der Waals surface area (Å²) in [5, 5.41) is 13.0. The average Bonchev–Trinajstić information content (AvgIpc) is 3.21. The van der Waals surface area contributed by atoms with Gasteiger partial charge in [-0.15, -0.1) is 0 Å². The molecule has 3 aromatic rings. The van der Waals surface area contributed by atoms with Gasteiger partial charge in [0.1, 0.15) is 0 Å². The highest BCUT2D eigenvalue weighted by molar-refractivity contribution is 5.80. The lowest BCUT2D eigenvalue weighted by Crippen LogP contribution is -2.44. The molecule has 4 rings (SSSR count). The van der Waals surface area contributed by atoms with Gasteiger partial charge in [0.25, 0.3) is 5.89 Å². The van der Waals surface area contributed by atoms with E-state index < -0.39 is 0 Å². The third-order valence-corrected chi connectivity index (χ3v) is 4.73. The highest BCUT2D eigenvalue weighted by Gasteiger charge is 2.26. The molecular weight excluding hydrogens is 318 g/mol. The Morgan fingerprint density at radius 3 is 2.92 bits per heavy atom. The third kappa shape index (κ3) is 2.81. The first-order valence-corrected chi connectivity index (χ1v) is 8.64. The maximum Gasteiger partial charge on any atom is 0.259 e. The molecule has 1 unspecified atom stereocenters. The van der Waals surface area contributed by atoms with Gasteiger partial charge in [0.15, 0.2) is 11.5 Å². The van der Waals surface area contributed by atoms with Crippen LogP contribution in [-0.2, 0) is 0 Å². The Morgan fingerprint density at radius 2 is 2.16 bits per heavy atom. The number of hydrogen-bond donors (Lipinski definition) is 1. The zero-order chi connectivity index (χ0) is 17.6. The number of pyridine rings is 1. The average molecular weight is 341 g/mol. The standard InChI is InChI=1S/C17H23N7O/c1-10(2)24-16-12(8-19-24)7-13(11(3)20-16)17-21-15(22-25-17)14-9-18-5-6-23(14)4/h7-8,10,14,18H,5-6,9H2,1-4H3. The third-order valence-electron chi connectivity index (χ3n) is 4.73. The first kappa shape index (κ1) is 16.2. The summed E-state index contributed by atoms with van der Waals surface area (Å²) in [5.74, 6) is 1.22. The van der Waals surface area contributed by atoms with E-state index in [9.17, 15) is 0 Å². The fourth-order valence-electron chi connectivity index (χ4n) is 3.23. The second kappa shape index (κ2) is 6.20. The summed E-state index contributed by atoms with van der Waals surface area (Å²) in [6.07, 6.45) is 1.83. The van der Waals surface area contributed by atoms with Crippen LogP contribution in [0.3, 0.4) is 0 Å². The Kier molecular flexibility index (Phi) is 4.01. The van der Waals surface area contributed by atoms with Crippen LogP contribution in [0.1, 0.15) is 37.4 Å². The second-order valence-electron chi connectivity index (χ2n) is 6.88. The van der Waals surface area contributed by atoms with Gasteiger partial charge in [-0.05, 0) is 33.9 Å². The molecule has 132 valence electrons. The zero-order valence-electron chi connectivity index (χ0n) is 15.0. The normalized spacial score (nSPS) is 19.2. The maximum atomic E-state index is 5.55. The van der Waals surface area contributed by atoms with Crippen LogP contribution >= 0.6 is 0 Å². The van der Waals surface area contributed by atoms with Crippen LogP contribution in [0.5, 0.6) is 0 Å². The van der Waals surface area contributed by atoms with E-state index in [1.165, 1.54) is 0 Å². The van der Waals surface area contributed by atoms with Gasteiger partial charge in [0.2, 0.25) is 0 Å². The van der Waals surface area contributed by atoms with Crippen LogP contribution in [-0.4, -0.2) is 56.5 Å². The SMILES string of the molecule is Cc1nc2c(cnn2C(C)C)cc1-c1nc(C2CNCCN2C)no1. The zero-order valence-corrected chi connectivity index (χ0v) is 15.0. The highest BCUT2D eigenvalue weighted by atomic mass is 16.5. The van der Waals surface area contributed by atoms with Gasteiger partial charge in [0, 0.05) is 31.1 Å². The predicted molar refractivity (Wildman–Crippen MR) is 94.2 cm³/mol. The summed E-state index contributed by atoms with van der Waals surface area (Å²) in [5.41, 5.74) is 2.61. The van der Waals surface area contributed by atoms with Gasteiger partial charge in [-0.2, -0.15) is 10.1 Å². The van der Waals surface area contributed by atoms with E-state index in [4.69, 9.17) is 9.51 Å². The molecule has 0 amide bonds. The summed E-state index contributed by atoms with van der Waals surface area (Å²) in [7, 11) is 2.08. The summed E-state index contributed by atoms with van der Waals surface area (Å²) in [6, 6.07) is 2.43. The van der Waals surface area contributed by atoms with Crippen molar-refractivity contribution in [2.75, 3.05) is 26.7 Å². The number of rotatable bonds is 3. The smallest absolute Gasteiger partial charge is 0.259 e. The summed E-state index contributed by atoms with van der Waals surface area (Å²) < 4.78 is 7.48. The van der Waals surface area contributed by atoms with E-state index in [2.05, 4.69) is 46.4 Å². The molecule has 1 fully saturated rings. The summed E-state index contributed by atoms with van der Waals surface area (Å²) in [4.78, 5) is 11.6. The van der Waals surface area contributed by atoms with E-state index in [1.807, 2.05) is 23.9 Å². The molecule has 25 heavy (non-hydrogen) atoms. The van der Waals surface area contributed by atoms with E-state index in [0.29, 0.717) is 11.7 Å². The van der Waals surface area contributed by atoms with Crippen LogP contribution in [0.2, 0.25) is 0 Å². The van der Waals surface area contributed by atoms with E-state index in [0.717, 1.165) is 41.9 Å². The molecule has 3 aromatic heterocycles. The Labute approximate surface area is 146 Å². The van der Waals surface area contributed by atoms with Gasteiger partial charge in [0.05, 0.1) is 23.5 Å². The molecular formula is C17H23N7O. The Balaban J connectivity index is 1.71. The molecule has 0 saturated carbocycles. The molecule has 8 heteroatoms. The van der Waals surface area contributed by atoms with Crippen molar-refractivity contribution >= 4 is 11.0 Å². The quantitative estimate of drug-likeness (QED) is 0.779. The van der Waals surface area contributed by atoms with E-state index in [-0.39, 0.29) is 12.1 Å². The van der Waals surface area contributed by atoms with Crippen LogP contribution in [0.4, 0.5) is 0 Å². The molecule has 0 radical (unpaired) electrons. The minimum Gasteiger partial charge on any atom is -0.334 e. The van der Waals surface area contributed by atoms with E-state index >= 15 is 0 Å². The number of likely N-dealkylation sites (N-methyl/N-ethyl adjacent to an activating group) is 1. The highest BCUT2D eigenvalue weighted by Crippen LogP contribution is 2.28. The number of fused-ring (bicyclic) bond motifs is 1. The van der Waals surface area contributed by atoms with Crippen molar-refractivity contribution in [1.82, 2.24) is 35.1 Å². The predicted octanol–water partition coefficient (Wildman–Crippen LogP) is 1.95. The van der Waals surface area contributed by atoms with Gasteiger partial charge in [-0.1, -0.05) is 5.16 Å². The molecule has 1 N–H and O–H groups in total. The van der Waals surface area contributed by atoms with Crippen molar-refractivity contribution in [3.05, 3.63) is 23.8 Å². The van der Waals surface area contributed by atoms with Crippen molar-refractivity contribution in [3.63, 3.8) is 0 Å². The Bertz CT molecular complexity index is 898. The monoisotopic (exact) mass is 341 g/mol. The molecule has 4 heterocycles. The van der Waals surface area contributed by atoms with Crippen molar-refractivity contribution in [2.24, 2.45) is 0 Å². The molecule has 1 aliphatic heterocycles. The number of aromatic nitrogens is 5. The lowest BCUT2D eigenvalue weighted by Gasteiger charge is -2.30. The lowest BCUT2D eigenvalue weighted by molar-refractivity contribution is 0.190. The molecule has 0 aromatic carbocycles. The first-order chi connectivity index (χ1) is 12.0. The van der Waals surface area contributed by atoms with Crippen LogP contribution in [0.25, 0.3) is 22.5 Å². The fourth-order valence-corrected chi connectivity index (χ4v) is 3.23. The number of nitrogens with zero attached hydrogens (tertiary/aromatic N) is 6. The second-order valence-corrected chi connectivity index (χ2v) is 6.88. The minimum absolute atomic E-state index is 0.131. The van der Waals surface area contributed by atoms with Crippen LogP contribution in [0, 0.1) is 6.92 Å². The first-order valence-electron chi connectivity index (χ1n) is 8.64. The number of hydrogen-bond acceptors (Lipinski definition) is 7. The number of nitrogens with one attached hydrogen (secondary N) is 1. The van der Waals surface area contributed by atoms with E-state index in [1.54, 1.807) is 0 Å². The largest absolute Gasteiger partial charge is 0.334 e. The van der Waals surface area contributed by atoms with Gasteiger partial charge in [-0.3, -0.25) is 4.90 Å².